The molecule has 0 amide bonds. The molecule has 1 N–H and O–H groups in total. The molecule has 1 aliphatic carbocycles. The van der Waals surface area contributed by atoms with Gasteiger partial charge in [0, 0.05) is 15.5 Å². The predicted octanol–water partition coefficient (Wildman–Crippen LogP) is 5.97. The normalized spacial score (nSPS) is 24.6. The van der Waals surface area contributed by atoms with Crippen molar-refractivity contribution in [1.82, 2.24) is 5.32 Å². The summed E-state index contributed by atoms with van der Waals surface area (Å²) in [6.07, 6.45) is 6.79. The van der Waals surface area contributed by atoms with Gasteiger partial charge in [-0.15, -0.1) is 0 Å². The van der Waals surface area contributed by atoms with E-state index in [2.05, 4.69) is 41.2 Å². The van der Waals surface area contributed by atoms with Crippen LogP contribution in [0.4, 0.5) is 0 Å². The Bertz CT molecular complexity index is 435. The molecule has 1 aromatic carbocycles. The number of nitrogens with one attached hydrogen (secondary N) is 1. The molecule has 20 heavy (non-hydrogen) atoms. The van der Waals surface area contributed by atoms with E-state index in [1.54, 1.807) is 0 Å². The number of hydrogen-bond acceptors (Lipinski definition) is 1. The molecule has 2 rings (SSSR count). The summed E-state index contributed by atoms with van der Waals surface area (Å²) in [5.41, 5.74) is 1.36. The summed E-state index contributed by atoms with van der Waals surface area (Å²) in [4.78, 5) is 0. The van der Waals surface area contributed by atoms with E-state index in [4.69, 9.17) is 11.6 Å². The molecule has 1 saturated carbocycles. The maximum atomic E-state index is 6.08. The van der Waals surface area contributed by atoms with E-state index in [-0.39, 0.29) is 0 Å². The van der Waals surface area contributed by atoms with Gasteiger partial charge >= 0.3 is 0 Å². The van der Waals surface area contributed by atoms with Gasteiger partial charge in [0.1, 0.15) is 0 Å². The van der Waals surface area contributed by atoms with Crippen molar-refractivity contribution in [3.63, 3.8) is 0 Å². The van der Waals surface area contributed by atoms with Crippen molar-refractivity contribution >= 4 is 27.5 Å². The summed E-state index contributed by atoms with van der Waals surface area (Å²) in [5, 5.41) is 4.50. The van der Waals surface area contributed by atoms with E-state index >= 15 is 0 Å². The summed E-state index contributed by atoms with van der Waals surface area (Å²) in [6.45, 7) is 5.53. The molecule has 0 aliphatic heterocycles. The maximum absolute atomic E-state index is 6.08. The summed E-state index contributed by atoms with van der Waals surface area (Å²) in [5.74, 6) is 1.65. The zero-order valence-corrected chi connectivity index (χ0v) is 14.8. The highest BCUT2D eigenvalue weighted by atomic mass is 79.9. The average molecular weight is 359 g/mol. The SMILES string of the molecule is CCNC(c1ccc(Cl)cc1Br)C1CCCC(CC)C1. The quantitative estimate of drug-likeness (QED) is 0.683. The van der Waals surface area contributed by atoms with E-state index < -0.39 is 0 Å². The van der Waals surface area contributed by atoms with Gasteiger partial charge in [-0.2, -0.15) is 0 Å². The predicted molar refractivity (Wildman–Crippen MR) is 91.3 cm³/mol. The van der Waals surface area contributed by atoms with Crippen LogP contribution in [0.15, 0.2) is 22.7 Å². The van der Waals surface area contributed by atoms with Gasteiger partial charge in [0.15, 0.2) is 0 Å². The molecule has 0 bridgehead atoms. The van der Waals surface area contributed by atoms with Crippen molar-refractivity contribution in [2.45, 2.75) is 52.0 Å². The Labute approximate surface area is 136 Å². The molecule has 112 valence electrons. The van der Waals surface area contributed by atoms with Crippen LogP contribution in [0.25, 0.3) is 0 Å². The van der Waals surface area contributed by atoms with Crippen LogP contribution >= 0.6 is 27.5 Å². The zero-order chi connectivity index (χ0) is 14.5. The maximum Gasteiger partial charge on any atom is 0.0417 e. The van der Waals surface area contributed by atoms with Crippen molar-refractivity contribution in [3.8, 4) is 0 Å². The average Bonchev–Trinajstić information content (AvgIpc) is 2.45. The van der Waals surface area contributed by atoms with Gasteiger partial charge in [-0.25, -0.2) is 0 Å². The molecular formula is C17H25BrClN. The largest absolute Gasteiger partial charge is 0.310 e. The Kier molecular flexibility index (Phi) is 6.38. The third kappa shape index (κ3) is 3.99. The lowest BCUT2D eigenvalue weighted by Gasteiger charge is -2.35. The third-order valence-electron chi connectivity index (χ3n) is 4.59. The van der Waals surface area contributed by atoms with E-state index in [9.17, 15) is 0 Å². The van der Waals surface area contributed by atoms with Gasteiger partial charge in [-0.3, -0.25) is 0 Å². The molecule has 1 nitrogen and oxygen atoms in total. The molecule has 3 atom stereocenters. The fraction of sp³-hybridized carbons (Fsp3) is 0.647. The first-order chi connectivity index (χ1) is 9.65. The minimum atomic E-state index is 0.445. The van der Waals surface area contributed by atoms with Gasteiger partial charge in [0.2, 0.25) is 0 Å². The highest BCUT2D eigenvalue weighted by Crippen LogP contribution is 2.40. The van der Waals surface area contributed by atoms with Gasteiger partial charge < -0.3 is 5.32 Å². The molecule has 0 saturated heterocycles. The molecule has 1 fully saturated rings. The molecular weight excluding hydrogens is 334 g/mol. The Morgan fingerprint density at radius 1 is 1.35 bits per heavy atom. The third-order valence-corrected chi connectivity index (χ3v) is 5.52. The summed E-state index contributed by atoms with van der Waals surface area (Å²) in [6, 6.07) is 6.64. The number of hydrogen-bond donors (Lipinski definition) is 1. The van der Waals surface area contributed by atoms with Crippen LogP contribution < -0.4 is 5.32 Å². The highest BCUT2D eigenvalue weighted by Gasteiger charge is 2.29. The van der Waals surface area contributed by atoms with E-state index in [1.807, 2.05) is 12.1 Å². The summed E-state index contributed by atoms with van der Waals surface area (Å²) < 4.78 is 1.13. The second-order valence-electron chi connectivity index (χ2n) is 5.90. The van der Waals surface area contributed by atoms with Crippen LogP contribution in [0.5, 0.6) is 0 Å². The Morgan fingerprint density at radius 2 is 2.15 bits per heavy atom. The van der Waals surface area contributed by atoms with Crippen molar-refractivity contribution in [1.29, 1.82) is 0 Å². The monoisotopic (exact) mass is 357 g/mol. The van der Waals surface area contributed by atoms with E-state index in [0.29, 0.717) is 6.04 Å². The second-order valence-corrected chi connectivity index (χ2v) is 7.19. The Morgan fingerprint density at radius 3 is 2.80 bits per heavy atom. The minimum Gasteiger partial charge on any atom is -0.310 e. The van der Waals surface area contributed by atoms with Crippen molar-refractivity contribution in [2.75, 3.05) is 6.54 Å². The molecule has 0 radical (unpaired) electrons. The van der Waals surface area contributed by atoms with Crippen molar-refractivity contribution in [2.24, 2.45) is 11.8 Å². The fourth-order valence-electron chi connectivity index (χ4n) is 3.51. The molecule has 0 aromatic heterocycles. The molecule has 0 spiro atoms. The van der Waals surface area contributed by atoms with Crippen LogP contribution in [0, 0.1) is 11.8 Å². The molecule has 0 heterocycles. The smallest absolute Gasteiger partial charge is 0.0417 e. The van der Waals surface area contributed by atoms with Gasteiger partial charge in [0.05, 0.1) is 0 Å². The first-order valence-corrected chi connectivity index (χ1v) is 9.01. The molecule has 1 aliphatic rings. The first-order valence-electron chi connectivity index (χ1n) is 7.84. The Hall–Kier alpha value is -0.0500. The molecule has 3 heteroatoms. The van der Waals surface area contributed by atoms with Gasteiger partial charge in [-0.1, -0.05) is 66.7 Å². The van der Waals surface area contributed by atoms with E-state index in [1.165, 1.54) is 37.7 Å². The molecule has 1 aromatic rings. The van der Waals surface area contributed by atoms with Gasteiger partial charge in [-0.05, 0) is 48.9 Å². The van der Waals surface area contributed by atoms with E-state index in [0.717, 1.165) is 27.9 Å². The minimum absolute atomic E-state index is 0.445. The van der Waals surface area contributed by atoms with Crippen LogP contribution in [-0.4, -0.2) is 6.54 Å². The Balaban J connectivity index is 2.21. The van der Waals surface area contributed by atoms with Crippen LogP contribution in [0.2, 0.25) is 5.02 Å². The standard InChI is InChI=1S/C17H25BrClN/c1-3-12-6-5-7-13(10-12)17(20-4-2)15-9-8-14(19)11-16(15)18/h8-9,11-13,17,20H,3-7,10H2,1-2H3. The van der Waals surface area contributed by atoms with Gasteiger partial charge in [0.25, 0.3) is 0 Å². The first kappa shape index (κ1) is 16.3. The molecule has 3 unspecified atom stereocenters. The van der Waals surface area contributed by atoms with Crippen molar-refractivity contribution < 1.29 is 0 Å². The van der Waals surface area contributed by atoms with Crippen LogP contribution in [0.1, 0.15) is 57.6 Å². The lowest BCUT2D eigenvalue weighted by atomic mass is 9.75. The summed E-state index contributed by atoms with van der Waals surface area (Å²) >= 11 is 9.77. The lowest BCUT2D eigenvalue weighted by Crippen LogP contribution is -2.31. The van der Waals surface area contributed by atoms with Crippen LogP contribution in [0.3, 0.4) is 0 Å². The summed E-state index contributed by atoms with van der Waals surface area (Å²) in [7, 11) is 0. The lowest BCUT2D eigenvalue weighted by molar-refractivity contribution is 0.210. The topological polar surface area (TPSA) is 12.0 Å². The number of rotatable bonds is 5. The fourth-order valence-corrected chi connectivity index (χ4v) is 4.44. The van der Waals surface area contributed by atoms with Crippen LogP contribution in [-0.2, 0) is 0 Å². The number of benzene rings is 1. The highest BCUT2D eigenvalue weighted by molar-refractivity contribution is 9.10. The van der Waals surface area contributed by atoms with Crippen molar-refractivity contribution in [3.05, 3.63) is 33.3 Å². The number of halogens is 2. The zero-order valence-electron chi connectivity index (χ0n) is 12.5. The second kappa shape index (κ2) is 7.82.